The molecule has 2 aromatic carbocycles. The lowest BCUT2D eigenvalue weighted by atomic mass is 10.0. The van der Waals surface area contributed by atoms with E-state index in [1.807, 2.05) is 18.2 Å². The zero-order chi connectivity index (χ0) is 14.5. The molecule has 0 heterocycles. The Balaban J connectivity index is 2.04. The summed E-state index contributed by atoms with van der Waals surface area (Å²) in [4.78, 5) is 11.2. The van der Waals surface area contributed by atoms with E-state index in [-0.39, 0.29) is 17.5 Å². The van der Waals surface area contributed by atoms with Crippen LogP contribution in [0.15, 0.2) is 30.3 Å². The number of ether oxygens (including phenoxy) is 1. The Morgan fingerprint density at radius 3 is 2.50 bits per heavy atom. The third kappa shape index (κ3) is 3.41. The molecule has 2 rings (SSSR count). The molecule has 0 saturated carbocycles. The first-order valence-corrected chi connectivity index (χ1v) is 6.70. The Labute approximate surface area is 117 Å². The SMILES string of the molecule is CCOC(=O)CCCc1ccc2cc(O)c(O)cc2c1. The highest BCUT2D eigenvalue weighted by Crippen LogP contribution is 2.30. The summed E-state index contributed by atoms with van der Waals surface area (Å²) in [5, 5.41) is 20.7. The van der Waals surface area contributed by atoms with Gasteiger partial charge in [-0.1, -0.05) is 18.2 Å². The molecule has 0 bridgehead atoms. The number of aromatic hydroxyl groups is 2. The molecule has 2 N–H and O–H groups in total. The first-order valence-electron chi connectivity index (χ1n) is 6.70. The maximum absolute atomic E-state index is 11.2. The van der Waals surface area contributed by atoms with Gasteiger partial charge in [0.05, 0.1) is 6.61 Å². The van der Waals surface area contributed by atoms with E-state index in [9.17, 15) is 15.0 Å². The first-order chi connectivity index (χ1) is 9.60. The third-order valence-electron chi connectivity index (χ3n) is 3.15. The highest BCUT2D eigenvalue weighted by atomic mass is 16.5. The minimum atomic E-state index is -0.171. The number of fused-ring (bicyclic) bond motifs is 1. The lowest BCUT2D eigenvalue weighted by Crippen LogP contribution is -2.03. The summed E-state index contributed by atoms with van der Waals surface area (Å²) in [6.45, 7) is 2.21. The standard InChI is InChI=1S/C16H18O4/c1-2-20-16(19)5-3-4-11-6-7-12-9-14(17)15(18)10-13(12)8-11/h6-10,17-18H,2-5H2,1H3. The van der Waals surface area contributed by atoms with Crippen LogP contribution in [-0.4, -0.2) is 22.8 Å². The largest absolute Gasteiger partial charge is 0.504 e. The molecular formula is C16H18O4. The number of aryl methyl sites for hydroxylation is 1. The van der Waals surface area contributed by atoms with Crippen molar-refractivity contribution in [2.75, 3.05) is 6.61 Å². The lowest BCUT2D eigenvalue weighted by molar-refractivity contribution is -0.143. The van der Waals surface area contributed by atoms with Crippen LogP contribution in [-0.2, 0) is 16.0 Å². The number of hydrogen-bond acceptors (Lipinski definition) is 4. The average molecular weight is 274 g/mol. The lowest BCUT2D eigenvalue weighted by Gasteiger charge is -2.06. The molecular weight excluding hydrogens is 256 g/mol. The van der Waals surface area contributed by atoms with E-state index in [0.29, 0.717) is 13.0 Å². The summed E-state index contributed by atoms with van der Waals surface area (Å²) >= 11 is 0. The Bertz CT molecular complexity index is 619. The summed E-state index contributed by atoms with van der Waals surface area (Å²) in [7, 11) is 0. The van der Waals surface area contributed by atoms with E-state index in [1.165, 1.54) is 6.07 Å². The number of esters is 1. The van der Waals surface area contributed by atoms with Gasteiger partial charge in [-0.05, 0) is 48.2 Å². The van der Waals surface area contributed by atoms with Gasteiger partial charge in [-0.2, -0.15) is 0 Å². The Morgan fingerprint density at radius 1 is 1.10 bits per heavy atom. The van der Waals surface area contributed by atoms with Crippen LogP contribution in [0.5, 0.6) is 11.5 Å². The molecule has 20 heavy (non-hydrogen) atoms. The first kappa shape index (κ1) is 14.2. The smallest absolute Gasteiger partial charge is 0.305 e. The topological polar surface area (TPSA) is 66.8 Å². The van der Waals surface area contributed by atoms with Crippen molar-refractivity contribution in [3.05, 3.63) is 35.9 Å². The van der Waals surface area contributed by atoms with Crippen molar-refractivity contribution in [2.45, 2.75) is 26.2 Å². The molecule has 4 nitrogen and oxygen atoms in total. The molecule has 0 fully saturated rings. The number of phenols is 2. The number of carbonyl (C=O) groups is 1. The summed E-state index contributed by atoms with van der Waals surface area (Å²) in [6, 6.07) is 8.89. The van der Waals surface area contributed by atoms with Crippen molar-refractivity contribution in [2.24, 2.45) is 0 Å². The van der Waals surface area contributed by atoms with Gasteiger partial charge < -0.3 is 14.9 Å². The fraction of sp³-hybridized carbons (Fsp3) is 0.312. The molecule has 2 aromatic rings. The quantitative estimate of drug-likeness (QED) is 0.649. The number of hydrogen-bond donors (Lipinski definition) is 2. The highest BCUT2D eigenvalue weighted by Gasteiger charge is 2.05. The number of phenolic OH excluding ortho intramolecular Hbond substituents is 2. The van der Waals surface area contributed by atoms with Crippen LogP contribution in [0.4, 0.5) is 0 Å². The zero-order valence-electron chi connectivity index (χ0n) is 11.4. The van der Waals surface area contributed by atoms with Gasteiger partial charge in [-0.15, -0.1) is 0 Å². The molecule has 0 aliphatic carbocycles. The minimum Gasteiger partial charge on any atom is -0.504 e. The van der Waals surface area contributed by atoms with E-state index in [4.69, 9.17) is 4.74 Å². The molecule has 106 valence electrons. The second kappa shape index (κ2) is 6.28. The maximum Gasteiger partial charge on any atom is 0.305 e. The number of carbonyl (C=O) groups excluding carboxylic acids is 1. The van der Waals surface area contributed by atoms with Gasteiger partial charge in [0.25, 0.3) is 0 Å². The molecule has 0 unspecified atom stereocenters. The van der Waals surface area contributed by atoms with Crippen LogP contribution in [0.1, 0.15) is 25.3 Å². The summed E-state index contributed by atoms with van der Waals surface area (Å²) in [6.07, 6.45) is 1.91. The second-order valence-corrected chi connectivity index (χ2v) is 4.68. The second-order valence-electron chi connectivity index (χ2n) is 4.68. The fourth-order valence-electron chi connectivity index (χ4n) is 2.15. The normalized spacial score (nSPS) is 10.7. The monoisotopic (exact) mass is 274 g/mol. The van der Waals surface area contributed by atoms with Gasteiger partial charge in [0.15, 0.2) is 11.5 Å². The van der Waals surface area contributed by atoms with Crippen molar-refractivity contribution in [1.82, 2.24) is 0 Å². The molecule has 0 radical (unpaired) electrons. The van der Waals surface area contributed by atoms with Crippen LogP contribution in [0.2, 0.25) is 0 Å². The molecule has 0 aromatic heterocycles. The van der Waals surface area contributed by atoms with E-state index >= 15 is 0 Å². The van der Waals surface area contributed by atoms with E-state index in [1.54, 1.807) is 13.0 Å². The minimum absolute atomic E-state index is 0.118. The van der Waals surface area contributed by atoms with E-state index in [0.717, 1.165) is 29.2 Å². The van der Waals surface area contributed by atoms with Crippen molar-refractivity contribution < 1.29 is 19.7 Å². The van der Waals surface area contributed by atoms with Crippen LogP contribution in [0.25, 0.3) is 10.8 Å². The third-order valence-corrected chi connectivity index (χ3v) is 3.15. The van der Waals surface area contributed by atoms with E-state index in [2.05, 4.69) is 0 Å². The van der Waals surface area contributed by atoms with Gasteiger partial charge in [-0.3, -0.25) is 4.79 Å². The van der Waals surface area contributed by atoms with Gasteiger partial charge in [0, 0.05) is 6.42 Å². The van der Waals surface area contributed by atoms with Gasteiger partial charge >= 0.3 is 5.97 Å². The molecule has 0 atom stereocenters. The number of benzene rings is 2. The maximum atomic E-state index is 11.2. The predicted octanol–water partition coefficient (Wildman–Crippen LogP) is 3.14. The number of rotatable bonds is 5. The highest BCUT2D eigenvalue weighted by molar-refractivity contribution is 5.86. The van der Waals surface area contributed by atoms with Gasteiger partial charge in [0.1, 0.15) is 0 Å². The van der Waals surface area contributed by atoms with Gasteiger partial charge in [0.2, 0.25) is 0 Å². The summed E-state index contributed by atoms with van der Waals surface area (Å²) in [5.74, 6) is -0.412. The fourth-order valence-corrected chi connectivity index (χ4v) is 2.15. The Morgan fingerprint density at radius 2 is 1.80 bits per heavy atom. The van der Waals surface area contributed by atoms with Crippen molar-refractivity contribution in [1.29, 1.82) is 0 Å². The van der Waals surface area contributed by atoms with Crippen molar-refractivity contribution in [3.8, 4) is 11.5 Å². The van der Waals surface area contributed by atoms with Crippen LogP contribution in [0.3, 0.4) is 0 Å². The Hall–Kier alpha value is -2.23. The molecule has 4 heteroatoms. The molecule has 0 aliphatic heterocycles. The predicted molar refractivity (Wildman–Crippen MR) is 76.8 cm³/mol. The average Bonchev–Trinajstić information content (AvgIpc) is 2.41. The van der Waals surface area contributed by atoms with Crippen LogP contribution >= 0.6 is 0 Å². The van der Waals surface area contributed by atoms with Crippen LogP contribution < -0.4 is 0 Å². The Kier molecular flexibility index (Phi) is 4.45. The summed E-state index contributed by atoms with van der Waals surface area (Å²) in [5.41, 5.74) is 1.09. The molecule has 0 spiro atoms. The van der Waals surface area contributed by atoms with Crippen molar-refractivity contribution in [3.63, 3.8) is 0 Å². The van der Waals surface area contributed by atoms with Gasteiger partial charge in [-0.25, -0.2) is 0 Å². The van der Waals surface area contributed by atoms with Crippen molar-refractivity contribution >= 4 is 16.7 Å². The molecule has 0 amide bonds. The molecule has 0 saturated heterocycles. The molecule has 0 aliphatic rings. The summed E-state index contributed by atoms with van der Waals surface area (Å²) < 4.78 is 4.88. The zero-order valence-corrected chi connectivity index (χ0v) is 11.4. The van der Waals surface area contributed by atoms with E-state index < -0.39 is 0 Å². The van der Waals surface area contributed by atoms with Crippen LogP contribution in [0, 0.1) is 0 Å².